The molecule has 1 N–H and O–H groups in total. The predicted octanol–water partition coefficient (Wildman–Crippen LogP) is 3.03. The Bertz CT molecular complexity index is 249. The molecule has 1 aliphatic carbocycles. The molecule has 2 aliphatic rings. The van der Waals surface area contributed by atoms with E-state index in [1.54, 1.807) is 0 Å². The SMILES string of the molecule is CCCNC1C(N2CCCC2C)CCC1(C)C. The van der Waals surface area contributed by atoms with Gasteiger partial charge in [0.25, 0.3) is 0 Å². The van der Waals surface area contributed by atoms with Crippen molar-refractivity contribution < 1.29 is 0 Å². The second-order valence-corrected chi connectivity index (χ2v) is 6.76. The second kappa shape index (κ2) is 5.27. The average Bonchev–Trinajstić information content (AvgIpc) is 2.80. The molecule has 1 saturated carbocycles. The second-order valence-electron chi connectivity index (χ2n) is 6.76. The van der Waals surface area contributed by atoms with Gasteiger partial charge in [0.1, 0.15) is 0 Å². The molecule has 1 heterocycles. The Labute approximate surface area is 107 Å². The zero-order valence-electron chi connectivity index (χ0n) is 12.1. The molecule has 3 atom stereocenters. The summed E-state index contributed by atoms with van der Waals surface area (Å²) in [5, 5.41) is 3.83. The van der Waals surface area contributed by atoms with Crippen molar-refractivity contribution >= 4 is 0 Å². The largest absolute Gasteiger partial charge is 0.312 e. The zero-order valence-corrected chi connectivity index (χ0v) is 12.1. The summed E-state index contributed by atoms with van der Waals surface area (Å²) in [6.45, 7) is 12.1. The Morgan fingerprint density at radius 3 is 2.65 bits per heavy atom. The lowest BCUT2D eigenvalue weighted by atomic mass is 9.86. The molecule has 100 valence electrons. The highest BCUT2D eigenvalue weighted by molar-refractivity contribution is 5.02. The summed E-state index contributed by atoms with van der Waals surface area (Å²) >= 11 is 0. The molecule has 1 saturated heterocycles. The lowest BCUT2D eigenvalue weighted by Gasteiger charge is -2.38. The third-order valence-electron chi connectivity index (χ3n) is 4.96. The topological polar surface area (TPSA) is 15.3 Å². The molecule has 3 unspecified atom stereocenters. The van der Waals surface area contributed by atoms with Crippen molar-refractivity contribution in [2.45, 2.75) is 77.9 Å². The molecule has 1 aliphatic heterocycles. The predicted molar refractivity (Wildman–Crippen MR) is 74.3 cm³/mol. The van der Waals surface area contributed by atoms with E-state index in [1.807, 2.05) is 0 Å². The van der Waals surface area contributed by atoms with E-state index < -0.39 is 0 Å². The average molecular weight is 238 g/mol. The van der Waals surface area contributed by atoms with Crippen molar-refractivity contribution in [1.29, 1.82) is 0 Å². The monoisotopic (exact) mass is 238 g/mol. The fourth-order valence-electron chi connectivity index (χ4n) is 3.88. The summed E-state index contributed by atoms with van der Waals surface area (Å²) < 4.78 is 0. The van der Waals surface area contributed by atoms with Crippen molar-refractivity contribution in [1.82, 2.24) is 10.2 Å². The standard InChI is InChI=1S/C15H30N2/c1-5-10-16-14-13(8-9-15(14,3)4)17-11-6-7-12(17)2/h12-14,16H,5-11H2,1-4H3. The minimum Gasteiger partial charge on any atom is -0.312 e. The summed E-state index contributed by atoms with van der Waals surface area (Å²) in [4.78, 5) is 2.78. The summed E-state index contributed by atoms with van der Waals surface area (Å²) in [5.74, 6) is 0. The highest BCUT2D eigenvalue weighted by atomic mass is 15.2. The molecular formula is C15H30N2. The maximum atomic E-state index is 3.83. The van der Waals surface area contributed by atoms with Crippen LogP contribution in [-0.2, 0) is 0 Å². The van der Waals surface area contributed by atoms with E-state index in [4.69, 9.17) is 0 Å². The number of nitrogens with one attached hydrogen (secondary N) is 1. The van der Waals surface area contributed by atoms with E-state index in [9.17, 15) is 0 Å². The van der Waals surface area contributed by atoms with E-state index in [2.05, 4.69) is 37.9 Å². The van der Waals surface area contributed by atoms with Crippen molar-refractivity contribution in [2.24, 2.45) is 5.41 Å². The molecule has 0 radical (unpaired) electrons. The van der Waals surface area contributed by atoms with Gasteiger partial charge in [0.2, 0.25) is 0 Å². The minimum atomic E-state index is 0.474. The minimum absolute atomic E-state index is 0.474. The van der Waals surface area contributed by atoms with Crippen LogP contribution in [0.4, 0.5) is 0 Å². The first kappa shape index (κ1) is 13.4. The number of hydrogen-bond acceptors (Lipinski definition) is 2. The number of hydrogen-bond donors (Lipinski definition) is 1. The number of rotatable bonds is 4. The molecule has 0 bridgehead atoms. The van der Waals surface area contributed by atoms with E-state index in [0.29, 0.717) is 11.5 Å². The fraction of sp³-hybridized carbons (Fsp3) is 1.00. The van der Waals surface area contributed by atoms with Crippen LogP contribution < -0.4 is 5.32 Å². The van der Waals surface area contributed by atoms with Gasteiger partial charge in [-0.1, -0.05) is 20.8 Å². The van der Waals surface area contributed by atoms with Crippen LogP contribution in [0.5, 0.6) is 0 Å². The lowest BCUT2D eigenvalue weighted by Crippen LogP contribution is -2.52. The van der Waals surface area contributed by atoms with Crippen LogP contribution in [0.25, 0.3) is 0 Å². The Morgan fingerprint density at radius 1 is 1.29 bits per heavy atom. The fourth-order valence-corrected chi connectivity index (χ4v) is 3.88. The molecule has 0 spiro atoms. The normalized spacial score (nSPS) is 37.8. The molecule has 2 heteroatoms. The molecule has 2 nitrogen and oxygen atoms in total. The highest BCUT2D eigenvalue weighted by Gasteiger charge is 2.45. The zero-order chi connectivity index (χ0) is 12.5. The van der Waals surface area contributed by atoms with Gasteiger partial charge in [0.05, 0.1) is 0 Å². The Kier molecular flexibility index (Phi) is 4.14. The van der Waals surface area contributed by atoms with Crippen LogP contribution in [0, 0.1) is 5.41 Å². The smallest absolute Gasteiger partial charge is 0.0274 e. The van der Waals surface area contributed by atoms with Gasteiger partial charge in [-0.15, -0.1) is 0 Å². The summed E-state index contributed by atoms with van der Waals surface area (Å²) in [7, 11) is 0. The number of likely N-dealkylation sites (tertiary alicyclic amines) is 1. The molecule has 2 rings (SSSR count). The van der Waals surface area contributed by atoms with Crippen LogP contribution in [0.3, 0.4) is 0 Å². The first-order valence-corrected chi connectivity index (χ1v) is 7.55. The van der Waals surface area contributed by atoms with Crippen LogP contribution in [0.1, 0.15) is 59.8 Å². The van der Waals surface area contributed by atoms with Crippen molar-refractivity contribution in [3.05, 3.63) is 0 Å². The molecule has 2 fully saturated rings. The van der Waals surface area contributed by atoms with Gasteiger partial charge in [0.15, 0.2) is 0 Å². The molecular weight excluding hydrogens is 208 g/mol. The van der Waals surface area contributed by atoms with Crippen molar-refractivity contribution in [3.63, 3.8) is 0 Å². The van der Waals surface area contributed by atoms with Crippen molar-refractivity contribution in [2.75, 3.05) is 13.1 Å². The maximum Gasteiger partial charge on any atom is 0.0274 e. The van der Waals surface area contributed by atoms with Gasteiger partial charge < -0.3 is 5.32 Å². The Balaban J connectivity index is 2.05. The summed E-state index contributed by atoms with van der Waals surface area (Å²) in [6.07, 6.45) is 6.81. The third kappa shape index (κ3) is 2.68. The van der Waals surface area contributed by atoms with Gasteiger partial charge in [-0.25, -0.2) is 0 Å². The third-order valence-corrected chi connectivity index (χ3v) is 4.96. The van der Waals surface area contributed by atoms with Gasteiger partial charge in [-0.2, -0.15) is 0 Å². The van der Waals surface area contributed by atoms with E-state index >= 15 is 0 Å². The van der Waals surface area contributed by atoms with Gasteiger partial charge in [-0.3, -0.25) is 4.90 Å². The van der Waals surface area contributed by atoms with Crippen LogP contribution in [-0.4, -0.2) is 36.1 Å². The molecule has 0 aromatic carbocycles. The molecule has 0 aromatic heterocycles. The number of nitrogens with zero attached hydrogens (tertiary/aromatic N) is 1. The van der Waals surface area contributed by atoms with Crippen LogP contribution >= 0.6 is 0 Å². The Hall–Kier alpha value is -0.0800. The summed E-state index contributed by atoms with van der Waals surface area (Å²) in [6, 6.07) is 2.29. The van der Waals surface area contributed by atoms with E-state index in [-0.39, 0.29) is 0 Å². The van der Waals surface area contributed by atoms with E-state index in [1.165, 1.54) is 45.2 Å². The molecule has 17 heavy (non-hydrogen) atoms. The molecule has 0 aromatic rings. The lowest BCUT2D eigenvalue weighted by molar-refractivity contribution is 0.138. The maximum absolute atomic E-state index is 3.83. The van der Waals surface area contributed by atoms with Crippen LogP contribution in [0.15, 0.2) is 0 Å². The van der Waals surface area contributed by atoms with Gasteiger partial charge in [-0.05, 0) is 57.5 Å². The van der Waals surface area contributed by atoms with E-state index in [0.717, 1.165) is 12.1 Å². The first-order valence-electron chi connectivity index (χ1n) is 7.55. The quantitative estimate of drug-likeness (QED) is 0.810. The summed E-state index contributed by atoms with van der Waals surface area (Å²) in [5.41, 5.74) is 0.474. The van der Waals surface area contributed by atoms with Crippen molar-refractivity contribution in [3.8, 4) is 0 Å². The van der Waals surface area contributed by atoms with Gasteiger partial charge in [0, 0.05) is 18.1 Å². The van der Waals surface area contributed by atoms with Crippen LogP contribution in [0.2, 0.25) is 0 Å². The van der Waals surface area contributed by atoms with Gasteiger partial charge >= 0.3 is 0 Å². The first-order chi connectivity index (χ1) is 8.06. The molecule has 0 amide bonds. The highest BCUT2D eigenvalue weighted by Crippen LogP contribution is 2.41. The Morgan fingerprint density at radius 2 is 2.06 bits per heavy atom.